The fraction of sp³-hybridized carbons (Fsp3) is 0.250. The smallest absolute Gasteiger partial charge is 0.498 e. The van der Waals surface area contributed by atoms with Crippen LogP contribution in [0.3, 0.4) is 0 Å². The minimum atomic E-state index is -0.0804. The van der Waals surface area contributed by atoms with Gasteiger partial charge in [0.15, 0.2) is 0 Å². The highest BCUT2D eigenvalue weighted by Gasteiger charge is 2.11. The number of aromatic nitrogens is 2. The topological polar surface area (TPSA) is 55.3 Å². The van der Waals surface area contributed by atoms with Crippen LogP contribution in [-0.4, -0.2) is 16.8 Å². The highest BCUT2D eigenvalue weighted by molar-refractivity contribution is 5.69. The van der Waals surface area contributed by atoms with Gasteiger partial charge in [-0.1, -0.05) is 6.08 Å². The van der Waals surface area contributed by atoms with E-state index < -0.39 is 0 Å². The Morgan fingerprint density at radius 3 is 2.55 bits per heavy atom. The van der Waals surface area contributed by atoms with Crippen molar-refractivity contribution in [2.45, 2.75) is 6.92 Å². The van der Waals surface area contributed by atoms with Crippen LogP contribution in [0.25, 0.3) is 12.2 Å². The Bertz CT molecular complexity index is 767. The molecule has 5 nitrogen and oxygen atoms in total. The number of aromatic hydroxyl groups is 1. The van der Waals surface area contributed by atoms with Gasteiger partial charge in [-0.25, -0.2) is 0 Å². The summed E-state index contributed by atoms with van der Waals surface area (Å²) in [5.74, 6) is 0.720. The number of methoxy groups -OCH3 is 1. The van der Waals surface area contributed by atoms with Crippen LogP contribution in [0.15, 0.2) is 29.1 Å². The quantitative estimate of drug-likeness (QED) is 0.693. The van der Waals surface area contributed by atoms with E-state index in [1.807, 2.05) is 31.2 Å². The standard InChI is InChI=1S/C16H18N2O3.ClH/c1-11-7-13(18(3)16(20)17(11)2)6-5-12-8-14(19)10-15(9-12)21-4;/h5-10H,1-4H3;1H/b6-5+;. The Hall–Kier alpha value is -2.27. The molecule has 0 bridgehead atoms. The molecule has 0 spiro atoms. The number of hydrogen-bond donors (Lipinski definition) is 1. The first kappa shape index (κ1) is 17.8. The molecule has 1 aromatic heterocycles. The van der Waals surface area contributed by atoms with Gasteiger partial charge < -0.3 is 22.3 Å². The number of benzene rings is 1. The molecule has 0 radical (unpaired) electrons. The van der Waals surface area contributed by atoms with Crippen LogP contribution in [0.5, 0.6) is 11.5 Å². The molecule has 118 valence electrons. The Kier molecular flexibility index (Phi) is 5.77. The molecule has 0 unspecified atom stereocenters. The number of rotatable bonds is 3. The summed E-state index contributed by atoms with van der Waals surface area (Å²) in [6.45, 7) is 1.89. The van der Waals surface area contributed by atoms with E-state index in [2.05, 4.69) is 0 Å². The van der Waals surface area contributed by atoms with E-state index in [1.54, 1.807) is 42.5 Å². The SMILES string of the molecule is COc1cc(O)cc(/C=C/c2cc(C)[n+](C)c(=O)n2C)c1.[Cl-]. The van der Waals surface area contributed by atoms with Crippen molar-refractivity contribution in [2.75, 3.05) is 7.11 Å². The van der Waals surface area contributed by atoms with Crippen LogP contribution in [0.4, 0.5) is 0 Å². The van der Waals surface area contributed by atoms with Crippen LogP contribution >= 0.6 is 0 Å². The first-order valence-corrected chi connectivity index (χ1v) is 6.55. The molecule has 1 N–H and O–H groups in total. The fourth-order valence-corrected chi connectivity index (χ4v) is 2.06. The number of ether oxygens (including phenoxy) is 1. The zero-order valence-corrected chi connectivity index (χ0v) is 13.8. The molecule has 1 heterocycles. The summed E-state index contributed by atoms with van der Waals surface area (Å²) < 4.78 is 8.28. The van der Waals surface area contributed by atoms with Gasteiger partial charge in [-0.05, 0) is 30.7 Å². The second-order valence-corrected chi connectivity index (χ2v) is 4.91. The first-order chi connectivity index (χ1) is 9.92. The molecule has 0 atom stereocenters. The minimum Gasteiger partial charge on any atom is -1.00 e. The largest absolute Gasteiger partial charge is 1.00 e. The van der Waals surface area contributed by atoms with Gasteiger partial charge in [-0.3, -0.25) is 0 Å². The molecule has 2 rings (SSSR count). The van der Waals surface area contributed by atoms with Gasteiger partial charge in [0.1, 0.15) is 22.9 Å². The third-order valence-corrected chi connectivity index (χ3v) is 3.44. The van der Waals surface area contributed by atoms with E-state index in [9.17, 15) is 9.90 Å². The molecule has 0 aliphatic heterocycles. The van der Waals surface area contributed by atoms with Crippen molar-refractivity contribution in [3.8, 4) is 11.5 Å². The predicted molar refractivity (Wildman–Crippen MR) is 81.2 cm³/mol. The predicted octanol–water partition coefficient (Wildman–Crippen LogP) is -1.59. The molecule has 2 aromatic rings. The van der Waals surface area contributed by atoms with Crippen molar-refractivity contribution in [2.24, 2.45) is 14.1 Å². The van der Waals surface area contributed by atoms with E-state index in [4.69, 9.17) is 4.74 Å². The number of phenolic OH excluding ortho intramolecular Hbond substituents is 1. The number of hydrogen-bond acceptors (Lipinski definition) is 3. The monoisotopic (exact) mass is 322 g/mol. The molecule has 0 aliphatic carbocycles. The molecule has 22 heavy (non-hydrogen) atoms. The van der Waals surface area contributed by atoms with Gasteiger partial charge in [-0.2, -0.15) is 13.9 Å². The lowest BCUT2D eigenvalue weighted by molar-refractivity contribution is -0.696. The van der Waals surface area contributed by atoms with E-state index in [0.29, 0.717) is 5.75 Å². The van der Waals surface area contributed by atoms with E-state index in [-0.39, 0.29) is 23.8 Å². The molecule has 0 aliphatic rings. The second kappa shape index (κ2) is 7.13. The van der Waals surface area contributed by atoms with Crippen molar-refractivity contribution < 1.29 is 26.8 Å². The molecule has 1 aromatic carbocycles. The third kappa shape index (κ3) is 3.68. The van der Waals surface area contributed by atoms with Crippen molar-refractivity contribution >= 4 is 12.2 Å². The maximum Gasteiger partial charge on any atom is 0.498 e. The molecule has 0 fully saturated rings. The average molecular weight is 323 g/mol. The maximum absolute atomic E-state index is 12.0. The summed E-state index contributed by atoms with van der Waals surface area (Å²) in [4.78, 5) is 12.0. The lowest BCUT2D eigenvalue weighted by Gasteiger charge is -2.03. The summed E-state index contributed by atoms with van der Waals surface area (Å²) in [7, 11) is 5.02. The van der Waals surface area contributed by atoms with E-state index in [1.165, 1.54) is 0 Å². The summed E-state index contributed by atoms with van der Waals surface area (Å²) in [5, 5.41) is 9.63. The Morgan fingerprint density at radius 1 is 1.23 bits per heavy atom. The molecule has 0 saturated heterocycles. The Balaban J connectivity index is 0.00000242. The van der Waals surface area contributed by atoms with E-state index >= 15 is 0 Å². The van der Waals surface area contributed by atoms with Crippen molar-refractivity contribution in [3.63, 3.8) is 0 Å². The van der Waals surface area contributed by atoms with E-state index in [0.717, 1.165) is 17.0 Å². The summed E-state index contributed by atoms with van der Waals surface area (Å²) >= 11 is 0. The van der Waals surface area contributed by atoms with Gasteiger partial charge in [0.05, 0.1) is 21.2 Å². The summed E-state index contributed by atoms with van der Waals surface area (Å²) in [5.41, 5.74) is 2.39. The van der Waals surface area contributed by atoms with Gasteiger partial charge in [-0.15, -0.1) is 0 Å². The molecule has 0 saturated carbocycles. The number of nitrogens with zero attached hydrogens (tertiary/aromatic N) is 2. The van der Waals surface area contributed by atoms with Gasteiger partial charge >= 0.3 is 5.69 Å². The maximum atomic E-state index is 12.0. The second-order valence-electron chi connectivity index (χ2n) is 4.91. The zero-order chi connectivity index (χ0) is 15.6. The lowest BCUT2D eigenvalue weighted by Crippen LogP contribution is -3.00. The normalized spacial score (nSPS) is 10.5. The average Bonchev–Trinajstić information content (AvgIpc) is 2.46. The van der Waals surface area contributed by atoms with Crippen LogP contribution in [0.1, 0.15) is 17.0 Å². The van der Waals surface area contributed by atoms with Gasteiger partial charge in [0, 0.05) is 12.1 Å². The number of aryl methyl sites for hydroxylation is 1. The number of halogens is 1. The number of phenols is 1. The molecular weight excluding hydrogens is 304 g/mol. The van der Waals surface area contributed by atoms with Crippen LogP contribution in [-0.2, 0) is 14.1 Å². The molecular formula is C16H19ClN2O3. The minimum absolute atomic E-state index is 0. The van der Waals surface area contributed by atoms with Gasteiger partial charge in [0.2, 0.25) is 0 Å². The first-order valence-electron chi connectivity index (χ1n) is 6.55. The van der Waals surface area contributed by atoms with Gasteiger partial charge in [0.25, 0.3) is 0 Å². The fourth-order valence-electron chi connectivity index (χ4n) is 2.06. The Morgan fingerprint density at radius 2 is 1.91 bits per heavy atom. The van der Waals surface area contributed by atoms with Crippen LogP contribution in [0.2, 0.25) is 0 Å². The van der Waals surface area contributed by atoms with Crippen molar-refractivity contribution in [1.29, 1.82) is 0 Å². The van der Waals surface area contributed by atoms with Crippen molar-refractivity contribution in [3.05, 3.63) is 51.7 Å². The van der Waals surface area contributed by atoms with Crippen molar-refractivity contribution in [1.82, 2.24) is 4.57 Å². The highest BCUT2D eigenvalue weighted by atomic mass is 35.5. The third-order valence-electron chi connectivity index (χ3n) is 3.44. The van der Waals surface area contributed by atoms with Crippen LogP contribution in [0, 0.1) is 6.92 Å². The zero-order valence-electron chi connectivity index (χ0n) is 13.0. The Labute approximate surface area is 135 Å². The molecule has 0 amide bonds. The van der Waals surface area contributed by atoms with Crippen LogP contribution < -0.4 is 27.4 Å². The summed E-state index contributed by atoms with van der Waals surface area (Å²) in [6.07, 6.45) is 3.67. The molecule has 6 heteroatoms. The summed E-state index contributed by atoms with van der Waals surface area (Å²) in [6, 6.07) is 6.91. The highest BCUT2D eigenvalue weighted by Crippen LogP contribution is 2.22. The lowest BCUT2D eigenvalue weighted by atomic mass is 10.1.